The van der Waals surface area contributed by atoms with Crippen molar-refractivity contribution >= 4 is 26.8 Å². The molecule has 1 aliphatic heterocycles. The number of alkyl halides is 3. The minimum Gasteiger partial charge on any atom is -0.362 e. The maximum Gasteiger partial charge on any atom is 0.416 e. The third kappa shape index (κ3) is 4.75. The molecule has 4 rings (SSSR count). The molecule has 0 spiro atoms. The number of halogens is 3. The predicted molar refractivity (Wildman–Crippen MR) is 111 cm³/mol. The van der Waals surface area contributed by atoms with Crippen LogP contribution in [0.2, 0.25) is 0 Å². The van der Waals surface area contributed by atoms with E-state index in [-0.39, 0.29) is 33.7 Å². The largest absolute Gasteiger partial charge is 0.416 e. The highest BCUT2D eigenvalue weighted by atomic mass is 32.2. The molecule has 1 aliphatic rings. The summed E-state index contributed by atoms with van der Waals surface area (Å²) in [5, 5.41) is 9.29. The molecule has 0 bridgehead atoms. The van der Waals surface area contributed by atoms with Crippen LogP contribution in [0.15, 0.2) is 53.7 Å². The molecule has 33 heavy (non-hydrogen) atoms. The second-order valence-electron chi connectivity index (χ2n) is 7.36. The van der Waals surface area contributed by atoms with E-state index in [2.05, 4.69) is 9.97 Å². The van der Waals surface area contributed by atoms with Crippen molar-refractivity contribution in [3.63, 3.8) is 0 Å². The van der Waals surface area contributed by atoms with E-state index in [1.54, 1.807) is 19.1 Å². The van der Waals surface area contributed by atoms with Gasteiger partial charge in [0.05, 0.1) is 29.2 Å². The standard InChI is InChI=1S/C21H17F3N4O4S/c1-13-2-5-15(6-3-13)33(29,30)32-18-12-28(11-17(31-18)21(22,23)24)16-7-4-14(10-25)19-20(16)27-9-8-26-19/h2-9,17-18H,11-12H2,1H3. The number of rotatable bonds is 4. The quantitative estimate of drug-likeness (QED) is 0.526. The lowest BCUT2D eigenvalue weighted by molar-refractivity contribution is -0.260. The van der Waals surface area contributed by atoms with E-state index in [1.165, 1.54) is 41.6 Å². The molecule has 2 aromatic carbocycles. The average Bonchev–Trinajstić information content (AvgIpc) is 2.77. The summed E-state index contributed by atoms with van der Waals surface area (Å²) < 4.78 is 76.2. The number of benzene rings is 2. The molecule has 1 fully saturated rings. The fourth-order valence-corrected chi connectivity index (χ4v) is 4.41. The van der Waals surface area contributed by atoms with Gasteiger partial charge in [-0.2, -0.15) is 26.9 Å². The molecular weight excluding hydrogens is 461 g/mol. The minimum atomic E-state index is -4.78. The zero-order valence-electron chi connectivity index (χ0n) is 17.2. The normalized spacial score (nSPS) is 19.4. The summed E-state index contributed by atoms with van der Waals surface area (Å²) in [6.45, 7) is 0.818. The summed E-state index contributed by atoms with van der Waals surface area (Å²) in [7, 11) is -4.39. The van der Waals surface area contributed by atoms with Gasteiger partial charge in [-0.15, -0.1) is 0 Å². The van der Waals surface area contributed by atoms with Gasteiger partial charge in [0.2, 0.25) is 0 Å². The third-order valence-electron chi connectivity index (χ3n) is 5.05. The molecule has 0 saturated carbocycles. The van der Waals surface area contributed by atoms with E-state index in [4.69, 9.17) is 8.92 Å². The Labute approximate surface area is 187 Å². The molecule has 12 heteroatoms. The summed E-state index contributed by atoms with van der Waals surface area (Å²) in [5.74, 6) is 0. The van der Waals surface area contributed by atoms with Crippen molar-refractivity contribution in [3.8, 4) is 6.07 Å². The molecule has 1 aromatic heterocycles. The van der Waals surface area contributed by atoms with Gasteiger partial charge in [0.15, 0.2) is 12.4 Å². The lowest BCUT2D eigenvalue weighted by Gasteiger charge is -2.39. The van der Waals surface area contributed by atoms with Gasteiger partial charge in [0.25, 0.3) is 10.1 Å². The van der Waals surface area contributed by atoms with Crippen LogP contribution in [-0.4, -0.2) is 50.0 Å². The molecule has 172 valence electrons. The van der Waals surface area contributed by atoms with Crippen molar-refractivity contribution in [3.05, 3.63) is 59.9 Å². The maximum absolute atomic E-state index is 13.6. The van der Waals surface area contributed by atoms with Gasteiger partial charge in [-0.3, -0.25) is 9.97 Å². The predicted octanol–water partition coefficient (Wildman–Crippen LogP) is 3.31. The van der Waals surface area contributed by atoms with Gasteiger partial charge in [-0.1, -0.05) is 17.7 Å². The van der Waals surface area contributed by atoms with Crippen LogP contribution in [0, 0.1) is 18.3 Å². The fourth-order valence-electron chi connectivity index (χ4n) is 3.44. The number of nitrogens with zero attached hydrogens (tertiary/aromatic N) is 4. The zero-order valence-corrected chi connectivity index (χ0v) is 18.0. The van der Waals surface area contributed by atoms with Gasteiger partial charge in [-0.25, -0.2) is 4.18 Å². The number of morpholine rings is 1. The van der Waals surface area contributed by atoms with Gasteiger partial charge < -0.3 is 9.64 Å². The zero-order chi connectivity index (χ0) is 23.8. The Hall–Kier alpha value is -3.27. The number of ether oxygens (including phenoxy) is 1. The summed E-state index contributed by atoms with van der Waals surface area (Å²) in [4.78, 5) is 9.35. The molecule has 0 radical (unpaired) electrons. The molecule has 2 atom stereocenters. The van der Waals surface area contributed by atoms with Crippen molar-refractivity contribution in [2.45, 2.75) is 30.4 Å². The summed E-state index contributed by atoms with van der Waals surface area (Å²) in [5.41, 5.74) is 1.69. The van der Waals surface area contributed by atoms with Crippen LogP contribution in [0.25, 0.3) is 11.0 Å². The molecule has 0 N–H and O–H groups in total. The van der Waals surface area contributed by atoms with Gasteiger partial charge in [0, 0.05) is 12.4 Å². The first-order valence-corrected chi connectivity index (χ1v) is 11.1. The maximum atomic E-state index is 13.6. The highest BCUT2D eigenvalue weighted by Crippen LogP contribution is 2.34. The molecule has 8 nitrogen and oxygen atoms in total. The summed E-state index contributed by atoms with van der Waals surface area (Å²) in [6, 6.07) is 10.5. The molecule has 2 unspecified atom stereocenters. The first-order chi connectivity index (χ1) is 15.6. The smallest absolute Gasteiger partial charge is 0.362 e. The highest BCUT2D eigenvalue weighted by Gasteiger charge is 2.47. The van der Waals surface area contributed by atoms with Crippen molar-refractivity contribution in [2.24, 2.45) is 0 Å². The van der Waals surface area contributed by atoms with Crippen molar-refractivity contribution in [2.75, 3.05) is 18.0 Å². The van der Waals surface area contributed by atoms with Crippen molar-refractivity contribution in [1.82, 2.24) is 9.97 Å². The van der Waals surface area contributed by atoms with E-state index in [0.29, 0.717) is 0 Å². The Morgan fingerprint density at radius 3 is 2.39 bits per heavy atom. The molecule has 2 heterocycles. The Kier molecular flexibility index (Phi) is 5.96. The first-order valence-electron chi connectivity index (χ1n) is 9.69. The van der Waals surface area contributed by atoms with E-state index >= 15 is 0 Å². The lowest BCUT2D eigenvalue weighted by atomic mass is 10.1. The minimum absolute atomic E-state index is 0.202. The molecular formula is C21H17F3N4O4S. The Morgan fingerprint density at radius 1 is 1.09 bits per heavy atom. The average molecular weight is 478 g/mol. The molecule has 1 saturated heterocycles. The Morgan fingerprint density at radius 2 is 1.76 bits per heavy atom. The fraction of sp³-hybridized carbons (Fsp3) is 0.286. The topological polar surface area (TPSA) is 105 Å². The van der Waals surface area contributed by atoms with Gasteiger partial charge in [0.1, 0.15) is 17.1 Å². The second-order valence-corrected chi connectivity index (χ2v) is 8.93. The number of hydrogen-bond donors (Lipinski definition) is 0. The number of hydrogen-bond acceptors (Lipinski definition) is 8. The van der Waals surface area contributed by atoms with Crippen molar-refractivity contribution in [1.29, 1.82) is 5.26 Å². The Bertz CT molecular complexity index is 1320. The van der Waals surface area contributed by atoms with Crippen LogP contribution in [0.1, 0.15) is 11.1 Å². The lowest BCUT2D eigenvalue weighted by Crippen LogP contribution is -2.54. The van der Waals surface area contributed by atoms with Crippen LogP contribution < -0.4 is 4.90 Å². The van der Waals surface area contributed by atoms with E-state index < -0.39 is 35.2 Å². The number of aryl methyl sites for hydroxylation is 1. The number of nitriles is 1. The first kappa shape index (κ1) is 22.9. The number of anilines is 1. The highest BCUT2D eigenvalue weighted by molar-refractivity contribution is 7.86. The molecule has 3 aromatic rings. The van der Waals surface area contributed by atoms with Crippen LogP contribution in [0.4, 0.5) is 18.9 Å². The monoisotopic (exact) mass is 478 g/mol. The third-order valence-corrected chi connectivity index (χ3v) is 6.36. The van der Waals surface area contributed by atoms with Crippen LogP contribution in [0.5, 0.6) is 0 Å². The van der Waals surface area contributed by atoms with Crippen LogP contribution in [-0.2, 0) is 19.0 Å². The second kappa shape index (κ2) is 8.58. The van der Waals surface area contributed by atoms with E-state index in [1.807, 2.05) is 6.07 Å². The van der Waals surface area contributed by atoms with Crippen LogP contribution >= 0.6 is 0 Å². The number of aromatic nitrogens is 2. The van der Waals surface area contributed by atoms with E-state index in [9.17, 15) is 26.9 Å². The van der Waals surface area contributed by atoms with E-state index in [0.717, 1.165) is 5.56 Å². The molecule has 0 aliphatic carbocycles. The summed E-state index contributed by atoms with van der Waals surface area (Å²) >= 11 is 0. The SMILES string of the molecule is Cc1ccc(S(=O)(=O)OC2CN(c3ccc(C#N)c4nccnc34)CC(C(F)(F)F)O2)cc1. The Balaban J connectivity index is 1.70. The van der Waals surface area contributed by atoms with Crippen molar-refractivity contribution < 1.29 is 30.5 Å². The summed E-state index contributed by atoms with van der Waals surface area (Å²) in [6.07, 6.45) is -6.11. The van der Waals surface area contributed by atoms with Gasteiger partial charge in [-0.05, 0) is 31.2 Å². The molecule has 0 amide bonds. The van der Waals surface area contributed by atoms with Crippen LogP contribution in [0.3, 0.4) is 0 Å². The number of fused-ring (bicyclic) bond motifs is 1. The van der Waals surface area contributed by atoms with Gasteiger partial charge >= 0.3 is 6.18 Å².